The Labute approximate surface area is 142 Å². The minimum absolute atomic E-state index is 0.157. The molecule has 0 saturated carbocycles. The zero-order chi connectivity index (χ0) is 17.0. The van der Waals surface area contributed by atoms with Gasteiger partial charge < -0.3 is 9.47 Å². The summed E-state index contributed by atoms with van der Waals surface area (Å²) < 4.78 is 38.8. The van der Waals surface area contributed by atoms with E-state index in [0.29, 0.717) is 30.4 Å². The number of ether oxygens (including phenoxy) is 2. The average Bonchev–Trinajstić information content (AvgIpc) is 2.81. The van der Waals surface area contributed by atoms with E-state index < -0.39 is 10.0 Å². The molecule has 0 spiro atoms. The van der Waals surface area contributed by atoms with Crippen molar-refractivity contribution < 1.29 is 17.9 Å². The first-order valence-corrected chi connectivity index (χ1v) is 9.58. The molecule has 0 unspecified atom stereocenters. The molecule has 0 fully saturated rings. The molecule has 0 radical (unpaired) electrons. The highest BCUT2D eigenvalue weighted by atomic mass is 32.2. The molecule has 0 amide bonds. The smallest absolute Gasteiger partial charge is 0.262 e. The predicted octanol–water partition coefficient (Wildman–Crippen LogP) is 3.60. The van der Waals surface area contributed by atoms with Crippen molar-refractivity contribution >= 4 is 15.7 Å². The second kappa shape index (κ2) is 7.13. The predicted molar refractivity (Wildman–Crippen MR) is 93.3 cm³/mol. The van der Waals surface area contributed by atoms with Gasteiger partial charge in [0.25, 0.3) is 10.0 Å². The van der Waals surface area contributed by atoms with Crippen LogP contribution in [0, 0.1) is 0 Å². The summed E-state index contributed by atoms with van der Waals surface area (Å²) in [6.07, 6.45) is 2.82. The second-order valence-corrected chi connectivity index (χ2v) is 7.39. The molecule has 0 saturated heterocycles. The Kier molecular flexibility index (Phi) is 4.94. The van der Waals surface area contributed by atoms with Crippen LogP contribution < -0.4 is 14.2 Å². The Morgan fingerprint density at radius 1 is 1.00 bits per heavy atom. The number of aryl methyl sites for hydroxylation is 1. The van der Waals surface area contributed by atoms with Gasteiger partial charge in [-0.15, -0.1) is 0 Å². The van der Waals surface area contributed by atoms with Crippen LogP contribution in [0.3, 0.4) is 0 Å². The molecule has 6 heteroatoms. The topological polar surface area (TPSA) is 64.6 Å². The van der Waals surface area contributed by atoms with Crippen LogP contribution in [0.2, 0.25) is 0 Å². The van der Waals surface area contributed by atoms with E-state index in [1.807, 2.05) is 12.1 Å². The van der Waals surface area contributed by atoms with Crippen LogP contribution in [0.5, 0.6) is 11.5 Å². The summed E-state index contributed by atoms with van der Waals surface area (Å²) in [4.78, 5) is 0.157. The summed E-state index contributed by atoms with van der Waals surface area (Å²) >= 11 is 0. The van der Waals surface area contributed by atoms with Gasteiger partial charge in [-0.1, -0.05) is 25.5 Å². The zero-order valence-corrected chi connectivity index (χ0v) is 14.4. The molecule has 2 aromatic carbocycles. The van der Waals surface area contributed by atoms with Gasteiger partial charge in [0.15, 0.2) is 11.5 Å². The van der Waals surface area contributed by atoms with E-state index in [9.17, 15) is 8.42 Å². The van der Waals surface area contributed by atoms with Crippen molar-refractivity contribution in [3.05, 3.63) is 48.0 Å². The van der Waals surface area contributed by atoms with Crippen molar-refractivity contribution in [2.45, 2.75) is 31.1 Å². The van der Waals surface area contributed by atoms with Crippen LogP contribution in [0.25, 0.3) is 0 Å². The highest BCUT2D eigenvalue weighted by molar-refractivity contribution is 7.92. The molecular weight excluding hydrogens is 326 g/mol. The standard InChI is InChI=1S/C18H21NO4S/c1-2-4-14-5-7-15(8-6-14)19-24(20,21)16-9-10-17-18(13-16)23-12-3-11-22-17/h5-10,13,19H,2-4,11-12H2,1H3. The van der Waals surface area contributed by atoms with Gasteiger partial charge in [-0.05, 0) is 36.2 Å². The molecule has 0 aromatic heterocycles. The lowest BCUT2D eigenvalue weighted by Gasteiger charge is -2.12. The van der Waals surface area contributed by atoms with Crippen LogP contribution in [0.4, 0.5) is 5.69 Å². The summed E-state index contributed by atoms with van der Waals surface area (Å²) in [6, 6.07) is 12.1. The first kappa shape index (κ1) is 16.6. The quantitative estimate of drug-likeness (QED) is 0.897. The van der Waals surface area contributed by atoms with Gasteiger partial charge in [-0.3, -0.25) is 4.72 Å². The minimum Gasteiger partial charge on any atom is -0.490 e. The first-order valence-electron chi connectivity index (χ1n) is 8.10. The molecule has 1 aliphatic heterocycles. The van der Waals surface area contributed by atoms with Gasteiger partial charge in [-0.2, -0.15) is 0 Å². The van der Waals surface area contributed by atoms with Crippen molar-refractivity contribution in [2.24, 2.45) is 0 Å². The van der Waals surface area contributed by atoms with Gasteiger partial charge in [0.1, 0.15) is 0 Å². The lowest BCUT2D eigenvalue weighted by molar-refractivity contribution is 0.297. The third kappa shape index (κ3) is 3.82. The van der Waals surface area contributed by atoms with Gasteiger partial charge >= 0.3 is 0 Å². The summed E-state index contributed by atoms with van der Waals surface area (Å²) in [6.45, 7) is 3.20. The van der Waals surface area contributed by atoms with E-state index in [0.717, 1.165) is 19.3 Å². The summed E-state index contributed by atoms with van der Waals surface area (Å²) in [5.41, 5.74) is 1.73. The molecule has 128 valence electrons. The number of sulfonamides is 1. The number of hydrogen-bond acceptors (Lipinski definition) is 4. The highest BCUT2D eigenvalue weighted by Crippen LogP contribution is 2.32. The summed E-state index contributed by atoms with van der Waals surface area (Å²) in [7, 11) is -3.67. The molecule has 1 heterocycles. The summed E-state index contributed by atoms with van der Waals surface area (Å²) in [5, 5.41) is 0. The van der Waals surface area contributed by atoms with Crippen molar-refractivity contribution in [3.8, 4) is 11.5 Å². The maximum absolute atomic E-state index is 12.6. The maximum Gasteiger partial charge on any atom is 0.262 e. The lowest BCUT2D eigenvalue weighted by atomic mass is 10.1. The molecule has 0 aliphatic carbocycles. The second-order valence-electron chi connectivity index (χ2n) is 5.71. The van der Waals surface area contributed by atoms with Gasteiger partial charge in [0, 0.05) is 18.2 Å². The van der Waals surface area contributed by atoms with Crippen LogP contribution in [0.15, 0.2) is 47.4 Å². The van der Waals surface area contributed by atoms with E-state index >= 15 is 0 Å². The monoisotopic (exact) mass is 347 g/mol. The maximum atomic E-state index is 12.6. The van der Waals surface area contributed by atoms with E-state index in [-0.39, 0.29) is 4.90 Å². The first-order chi connectivity index (χ1) is 11.6. The van der Waals surface area contributed by atoms with E-state index in [4.69, 9.17) is 9.47 Å². The van der Waals surface area contributed by atoms with Crippen molar-refractivity contribution in [1.82, 2.24) is 0 Å². The van der Waals surface area contributed by atoms with Gasteiger partial charge in [0.2, 0.25) is 0 Å². The average molecular weight is 347 g/mol. The Bertz CT molecular complexity index is 800. The summed E-state index contributed by atoms with van der Waals surface area (Å²) in [5.74, 6) is 1.05. The zero-order valence-electron chi connectivity index (χ0n) is 13.6. The fraction of sp³-hybridized carbons (Fsp3) is 0.333. The molecule has 24 heavy (non-hydrogen) atoms. The van der Waals surface area contributed by atoms with Crippen LogP contribution in [0.1, 0.15) is 25.3 Å². The van der Waals surface area contributed by atoms with Gasteiger partial charge in [-0.25, -0.2) is 8.42 Å². The Morgan fingerprint density at radius 3 is 2.42 bits per heavy atom. The Balaban J connectivity index is 1.81. The van der Waals surface area contributed by atoms with Crippen LogP contribution >= 0.6 is 0 Å². The number of benzene rings is 2. The Morgan fingerprint density at radius 2 is 1.71 bits per heavy atom. The van der Waals surface area contributed by atoms with Crippen molar-refractivity contribution in [2.75, 3.05) is 17.9 Å². The lowest BCUT2D eigenvalue weighted by Crippen LogP contribution is -2.13. The third-order valence-corrected chi connectivity index (χ3v) is 5.15. The fourth-order valence-corrected chi connectivity index (χ4v) is 3.63. The van der Waals surface area contributed by atoms with E-state index in [2.05, 4.69) is 11.6 Å². The van der Waals surface area contributed by atoms with E-state index in [1.165, 1.54) is 17.7 Å². The largest absolute Gasteiger partial charge is 0.490 e. The van der Waals surface area contributed by atoms with Crippen LogP contribution in [-0.4, -0.2) is 21.6 Å². The molecule has 0 bridgehead atoms. The number of hydrogen-bond donors (Lipinski definition) is 1. The molecular formula is C18H21NO4S. The number of rotatable bonds is 5. The van der Waals surface area contributed by atoms with Crippen molar-refractivity contribution in [3.63, 3.8) is 0 Å². The molecule has 0 atom stereocenters. The molecule has 1 aliphatic rings. The normalized spacial score (nSPS) is 14.0. The Hall–Kier alpha value is -2.21. The fourth-order valence-electron chi connectivity index (χ4n) is 2.55. The number of nitrogens with one attached hydrogen (secondary N) is 1. The van der Waals surface area contributed by atoms with Crippen molar-refractivity contribution in [1.29, 1.82) is 0 Å². The SMILES string of the molecule is CCCc1ccc(NS(=O)(=O)c2ccc3c(c2)OCCCO3)cc1. The number of anilines is 1. The highest BCUT2D eigenvalue weighted by Gasteiger charge is 2.19. The third-order valence-electron chi connectivity index (χ3n) is 3.77. The molecule has 1 N–H and O–H groups in total. The molecule has 3 rings (SSSR count). The minimum atomic E-state index is -3.67. The van der Waals surface area contributed by atoms with Crippen LogP contribution in [-0.2, 0) is 16.4 Å². The van der Waals surface area contributed by atoms with Gasteiger partial charge in [0.05, 0.1) is 18.1 Å². The number of fused-ring (bicyclic) bond motifs is 1. The molecule has 5 nitrogen and oxygen atoms in total. The molecule has 2 aromatic rings. The van der Waals surface area contributed by atoms with E-state index in [1.54, 1.807) is 18.2 Å².